The maximum Gasteiger partial charge on any atom is 0.155 e. The molecule has 148 valence electrons. The van der Waals surface area contributed by atoms with Crippen molar-refractivity contribution in [3.63, 3.8) is 0 Å². The fourth-order valence-corrected chi connectivity index (χ4v) is 4.00. The zero-order chi connectivity index (χ0) is 20.0. The topological polar surface area (TPSA) is 81.5 Å². The number of ether oxygens (including phenoxy) is 1. The zero-order valence-electron chi connectivity index (χ0n) is 15.7. The lowest BCUT2D eigenvalue weighted by molar-refractivity contribution is 0.0100. The third-order valence-corrected chi connectivity index (χ3v) is 5.30. The van der Waals surface area contributed by atoms with Gasteiger partial charge in [0.15, 0.2) is 11.3 Å². The molecule has 1 N–H and O–H groups in total. The van der Waals surface area contributed by atoms with E-state index in [4.69, 9.17) is 4.74 Å². The highest BCUT2D eigenvalue weighted by Crippen LogP contribution is 2.41. The number of nitrogens with zero attached hydrogens (tertiary/aromatic N) is 5. The molecule has 0 saturated carbocycles. The quantitative estimate of drug-likeness (QED) is 0.572. The summed E-state index contributed by atoms with van der Waals surface area (Å²) in [4.78, 5) is 8.51. The molecule has 7 nitrogen and oxygen atoms in total. The second-order valence-electron chi connectivity index (χ2n) is 7.26. The van der Waals surface area contributed by atoms with Crippen molar-refractivity contribution in [3.8, 4) is 22.5 Å². The third kappa shape index (κ3) is 2.98. The lowest BCUT2D eigenvalue weighted by Crippen LogP contribution is -2.39. The molecule has 0 radical (unpaired) electrons. The molecule has 0 amide bonds. The summed E-state index contributed by atoms with van der Waals surface area (Å²) in [6, 6.07) is 4.81. The second kappa shape index (κ2) is 6.70. The van der Waals surface area contributed by atoms with Crippen molar-refractivity contribution in [2.24, 2.45) is 0 Å². The molecule has 0 aliphatic carbocycles. The molecule has 0 saturated heterocycles. The average Bonchev–Trinajstić information content (AvgIpc) is 3.32. The number of aromatic nitrogens is 6. The Morgan fingerprint density at radius 3 is 2.93 bits per heavy atom. The zero-order valence-corrected chi connectivity index (χ0v) is 15.7. The van der Waals surface area contributed by atoms with E-state index in [1.165, 1.54) is 13.2 Å². The second-order valence-corrected chi connectivity index (χ2v) is 7.26. The van der Waals surface area contributed by atoms with Crippen LogP contribution in [0.5, 0.6) is 0 Å². The van der Waals surface area contributed by atoms with Crippen molar-refractivity contribution in [3.05, 3.63) is 48.3 Å². The molecule has 1 aliphatic heterocycles. The predicted octanol–water partition coefficient (Wildman–Crippen LogP) is 3.32. The van der Waals surface area contributed by atoms with Gasteiger partial charge in [0.25, 0.3) is 0 Å². The first-order valence-corrected chi connectivity index (χ1v) is 9.26. The monoisotopic (exact) mass is 396 g/mol. The van der Waals surface area contributed by atoms with Crippen molar-refractivity contribution < 1.29 is 13.5 Å². The van der Waals surface area contributed by atoms with Crippen LogP contribution in [0.25, 0.3) is 33.5 Å². The van der Waals surface area contributed by atoms with Gasteiger partial charge in [-0.05, 0) is 36.6 Å². The van der Waals surface area contributed by atoms with E-state index in [1.807, 2.05) is 6.07 Å². The number of methoxy groups -OCH3 is 1. The lowest BCUT2D eigenvalue weighted by atomic mass is 9.91. The fraction of sp³-hybridized carbons (Fsp3) is 0.300. The van der Waals surface area contributed by atoms with Gasteiger partial charge in [0.2, 0.25) is 0 Å². The van der Waals surface area contributed by atoms with Gasteiger partial charge in [-0.2, -0.15) is 10.2 Å². The van der Waals surface area contributed by atoms with Gasteiger partial charge >= 0.3 is 0 Å². The lowest BCUT2D eigenvalue weighted by Gasteiger charge is -2.30. The van der Waals surface area contributed by atoms with Gasteiger partial charge in [-0.3, -0.25) is 14.8 Å². The van der Waals surface area contributed by atoms with Crippen LogP contribution < -0.4 is 0 Å². The summed E-state index contributed by atoms with van der Waals surface area (Å²) >= 11 is 0. The molecule has 0 unspecified atom stereocenters. The average molecular weight is 396 g/mol. The van der Waals surface area contributed by atoms with Crippen LogP contribution in [0.15, 0.2) is 36.8 Å². The smallest absolute Gasteiger partial charge is 0.155 e. The van der Waals surface area contributed by atoms with E-state index in [0.717, 1.165) is 28.4 Å². The summed E-state index contributed by atoms with van der Waals surface area (Å²) < 4.78 is 35.4. The highest BCUT2D eigenvalue weighted by Gasteiger charge is 2.38. The molecule has 5 rings (SSSR count). The van der Waals surface area contributed by atoms with Crippen molar-refractivity contribution in [2.45, 2.75) is 25.1 Å². The Morgan fingerprint density at radius 1 is 1.24 bits per heavy atom. The van der Waals surface area contributed by atoms with Crippen LogP contribution in [0.2, 0.25) is 0 Å². The van der Waals surface area contributed by atoms with Crippen molar-refractivity contribution in [1.29, 1.82) is 0 Å². The number of rotatable bonds is 4. The van der Waals surface area contributed by atoms with Crippen LogP contribution in [0.1, 0.15) is 12.1 Å². The molecular weight excluding hydrogens is 378 g/mol. The number of pyridine rings is 2. The molecule has 0 spiro atoms. The van der Waals surface area contributed by atoms with Gasteiger partial charge in [0, 0.05) is 30.0 Å². The summed E-state index contributed by atoms with van der Waals surface area (Å²) in [7, 11) is 1.49. The van der Waals surface area contributed by atoms with E-state index in [2.05, 4.69) is 25.3 Å². The van der Waals surface area contributed by atoms with E-state index < -0.39 is 11.5 Å². The maximum absolute atomic E-state index is 15.2. The summed E-state index contributed by atoms with van der Waals surface area (Å²) in [5, 5.41) is 12.5. The Labute approximate surface area is 164 Å². The van der Waals surface area contributed by atoms with Crippen LogP contribution in [-0.4, -0.2) is 49.3 Å². The first-order valence-electron chi connectivity index (χ1n) is 9.26. The molecule has 1 aliphatic rings. The highest BCUT2D eigenvalue weighted by molar-refractivity contribution is 5.97. The minimum absolute atomic E-state index is 0.00694. The Morgan fingerprint density at radius 2 is 2.14 bits per heavy atom. The highest BCUT2D eigenvalue weighted by atomic mass is 19.1. The molecular formula is C20H18F2N6O. The standard InChI is InChI=1S/C20H18F2N6O/c1-29-11-20(22)6-4-16-17(13-5-7-23-19-14(13)9-25-26-19)18(27-28(16)10-20)15-3-2-12(21)8-24-15/h2-3,5,7-9H,4,6,10-11H2,1H3,(H,23,25,26)/t20-/m1/s1. The van der Waals surface area contributed by atoms with Gasteiger partial charge in [0.05, 0.1) is 31.2 Å². The summed E-state index contributed by atoms with van der Waals surface area (Å²) in [5.74, 6) is -0.428. The van der Waals surface area contributed by atoms with Gasteiger partial charge in [-0.15, -0.1) is 0 Å². The van der Waals surface area contributed by atoms with Gasteiger partial charge in [-0.25, -0.2) is 13.8 Å². The minimum atomic E-state index is -1.48. The Kier molecular flexibility index (Phi) is 4.13. The van der Waals surface area contributed by atoms with Crippen LogP contribution in [0.4, 0.5) is 8.78 Å². The van der Waals surface area contributed by atoms with E-state index in [0.29, 0.717) is 29.9 Å². The van der Waals surface area contributed by atoms with Crippen LogP contribution >= 0.6 is 0 Å². The summed E-state index contributed by atoms with van der Waals surface area (Å²) in [5.41, 5.74) is 2.89. The molecule has 4 aromatic heterocycles. The molecule has 0 aromatic carbocycles. The van der Waals surface area contributed by atoms with E-state index >= 15 is 4.39 Å². The number of nitrogens with one attached hydrogen (secondary N) is 1. The minimum Gasteiger partial charge on any atom is -0.381 e. The number of hydrogen-bond acceptors (Lipinski definition) is 5. The number of alkyl halides is 1. The summed E-state index contributed by atoms with van der Waals surface area (Å²) in [6.07, 6.45) is 5.37. The first-order chi connectivity index (χ1) is 14.1. The van der Waals surface area contributed by atoms with Crippen LogP contribution in [0.3, 0.4) is 0 Å². The van der Waals surface area contributed by atoms with Gasteiger partial charge in [-0.1, -0.05) is 0 Å². The summed E-state index contributed by atoms with van der Waals surface area (Å²) in [6.45, 7) is 0.0942. The molecule has 5 heterocycles. The Balaban J connectivity index is 1.74. The SMILES string of the molecule is COC[C@@]1(F)CCc2c(-c3ccnc4[nH]ncc34)c(-c3ccc(F)cn3)nn2C1. The number of H-pyrrole nitrogens is 1. The van der Waals surface area contributed by atoms with Crippen LogP contribution in [-0.2, 0) is 17.7 Å². The number of fused-ring (bicyclic) bond motifs is 2. The predicted molar refractivity (Wildman–Crippen MR) is 102 cm³/mol. The Bertz CT molecular complexity index is 1190. The molecule has 0 bridgehead atoms. The van der Waals surface area contributed by atoms with Gasteiger partial charge < -0.3 is 4.74 Å². The normalized spacial score (nSPS) is 18.9. The van der Waals surface area contributed by atoms with E-state index in [1.54, 1.807) is 23.1 Å². The van der Waals surface area contributed by atoms with E-state index in [-0.39, 0.29) is 13.2 Å². The number of aromatic amines is 1. The van der Waals surface area contributed by atoms with Crippen LogP contribution in [0, 0.1) is 5.82 Å². The van der Waals surface area contributed by atoms with E-state index in [9.17, 15) is 4.39 Å². The molecule has 29 heavy (non-hydrogen) atoms. The third-order valence-electron chi connectivity index (χ3n) is 5.30. The number of halogens is 2. The largest absolute Gasteiger partial charge is 0.381 e. The van der Waals surface area contributed by atoms with Crippen molar-refractivity contribution >= 4 is 11.0 Å². The Hall–Kier alpha value is -3.20. The first kappa shape index (κ1) is 17.9. The van der Waals surface area contributed by atoms with Gasteiger partial charge in [0.1, 0.15) is 11.5 Å². The molecule has 9 heteroatoms. The van der Waals surface area contributed by atoms with Crippen molar-refractivity contribution in [2.75, 3.05) is 13.7 Å². The molecule has 0 fully saturated rings. The molecule has 1 atom stereocenters. The molecule has 4 aromatic rings. The fourth-order valence-electron chi connectivity index (χ4n) is 4.00. The van der Waals surface area contributed by atoms with Crippen molar-refractivity contribution in [1.82, 2.24) is 29.9 Å². The maximum atomic E-state index is 15.2. The number of hydrogen-bond donors (Lipinski definition) is 1.